The molecule has 0 fully saturated rings. The molecular formula is C20H23NO2. The highest BCUT2D eigenvalue weighted by Crippen LogP contribution is 2.45. The topological polar surface area (TPSA) is 30.8 Å². The van der Waals surface area contributed by atoms with Gasteiger partial charge < -0.3 is 9.47 Å². The van der Waals surface area contributed by atoms with Crippen LogP contribution in [0, 0.1) is 5.92 Å². The van der Waals surface area contributed by atoms with Gasteiger partial charge in [-0.25, -0.2) is 4.99 Å². The second-order valence-corrected chi connectivity index (χ2v) is 6.09. The minimum absolute atomic E-state index is 0.0335. The molecule has 3 nitrogen and oxygen atoms in total. The second kappa shape index (κ2) is 6.45. The zero-order valence-corrected chi connectivity index (χ0v) is 13.9. The Morgan fingerprint density at radius 2 is 1.52 bits per heavy atom. The van der Waals surface area contributed by atoms with Gasteiger partial charge in [0.05, 0.1) is 6.61 Å². The summed E-state index contributed by atoms with van der Waals surface area (Å²) < 4.78 is 12.0. The first-order valence-corrected chi connectivity index (χ1v) is 8.19. The molecule has 3 rings (SSSR count). The molecule has 2 aromatic carbocycles. The Hall–Kier alpha value is -2.29. The molecule has 0 aromatic heterocycles. The zero-order chi connectivity index (χ0) is 16.3. The maximum absolute atomic E-state index is 6.36. The SMILES string of the molecule is CCOC1=N[C@@H](C(C)C)C(c2ccccc2)(c2ccccc2)O1. The molecule has 0 spiro atoms. The quantitative estimate of drug-likeness (QED) is 0.839. The van der Waals surface area contributed by atoms with Crippen LogP contribution in [0.2, 0.25) is 0 Å². The number of rotatable bonds is 4. The molecule has 0 saturated heterocycles. The van der Waals surface area contributed by atoms with Crippen molar-refractivity contribution in [2.45, 2.75) is 32.4 Å². The van der Waals surface area contributed by atoms with E-state index >= 15 is 0 Å². The van der Waals surface area contributed by atoms with Crippen LogP contribution in [0.5, 0.6) is 0 Å². The van der Waals surface area contributed by atoms with Crippen LogP contribution in [-0.2, 0) is 15.1 Å². The highest BCUT2D eigenvalue weighted by Gasteiger charge is 2.51. The fraction of sp³-hybridized carbons (Fsp3) is 0.350. The van der Waals surface area contributed by atoms with E-state index in [2.05, 4.69) is 38.1 Å². The minimum atomic E-state index is -0.638. The number of hydrogen-bond donors (Lipinski definition) is 0. The molecule has 0 radical (unpaired) electrons. The monoisotopic (exact) mass is 309 g/mol. The molecule has 0 amide bonds. The first-order chi connectivity index (χ1) is 11.2. The first-order valence-electron chi connectivity index (χ1n) is 8.19. The third-order valence-electron chi connectivity index (χ3n) is 4.21. The van der Waals surface area contributed by atoms with Crippen LogP contribution in [0.3, 0.4) is 0 Å². The molecule has 1 heterocycles. The molecule has 1 atom stereocenters. The van der Waals surface area contributed by atoms with E-state index in [1.807, 2.05) is 43.3 Å². The van der Waals surface area contributed by atoms with Crippen molar-refractivity contribution in [1.82, 2.24) is 0 Å². The molecule has 3 heteroatoms. The van der Waals surface area contributed by atoms with Gasteiger partial charge in [-0.15, -0.1) is 0 Å². The Balaban J connectivity index is 2.17. The van der Waals surface area contributed by atoms with E-state index in [0.717, 1.165) is 11.1 Å². The first kappa shape index (κ1) is 15.6. The standard InChI is InChI=1S/C20H23NO2/c1-4-22-19-21-18(15(2)3)20(23-19,16-11-7-5-8-12-16)17-13-9-6-10-14-17/h5-15,18H,4H2,1-3H3/t18-/m0/s1. The third kappa shape index (κ3) is 2.72. The van der Waals surface area contributed by atoms with Crippen molar-refractivity contribution in [2.75, 3.05) is 6.61 Å². The molecule has 0 bridgehead atoms. The highest BCUT2D eigenvalue weighted by molar-refractivity contribution is 5.72. The largest absolute Gasteiger partial charge is 0.451 e. The van der Waals surface area contributed by atoms with Gasteiger partial charge in [-0.1, -0.05) is 74.5 Å². The van der Waals surface area contributed by atoms with Crippen LogP contribution in [0.4, 0.5) is 0 Å². The summed E-state index contributed by atoms with van der Waals surface area (Å²) in [5.74, 6) is 0.313. The van der Waals surface area contributed by atoms with Crippen molar-refractivity contribution in [3.05, 3.63) is 71.8 Å². The van der Waals surface area contributed by atoms with Crippen LogP contribution in [0.25, 0.3) is 0 Å². The van der Waals surface area contributed by atoms with Crippen LogP contribution >= 0.6 is 0 Å². The zero-order valence-electron chi connectivity index (χ0n) is 13.9. The van der Waals surface area contributed by atoms with Gasteiger partial charge in [0.2, 0.25) is 0 Å². The molecule has 120 valence electrons. The van der Waals surface area contributed by atoms with E-state index in [1.54, 1.807) is 0 Å². The molecule has 0 N–H and O–H groups in total. The summed E-state index contributed by atoms with van der Waals surface area (Å²) in [6.07, 6.45) is 0.388. The number of aliphatic imine (C=N–C) groups is 1. The molecule has 0 aliphatic carbocycles. The average molecular weight is 309 g/mol. The number of hydrogen-bond acceptors (Lipinski definition) is 3. The molecular weight excluding hydrogens is 286 g/mol. The molecule has 1 aliphatic heterocycles. The highest BCUT2D eigenvalue weighted by atomic mass is 16.7. The van der Waals surface area contributed by atoms with Gasteiger partial charge in [-0.05, 0) is 12.8 Å². The van der Waals surface area contributed by atoms with Gasteiger partial charge >= 0.3 is 6.08 Å². The molecule has 1 aliphatic rings. The van der Waals surface area contributed by atoms with Crippen molar-refractivity contribution in [1.29, 1.82) is 0 Å². The van der Waals surface area contributed by atoms with Gasteiger partial charge in [-0.3, -0.25) is 0 Å². The van der Waals surface area contributed by atoms with E-state index in [0.29, 0.717) is 18.6 Å². The average Bonchev–Trinajstić information content (AvgIpc) is 2.98. The summed E-state index contributed by atoms with van der Waals surface area (Å²) >= 11 is 0. The number of benzene rings is 2. The van der Waals surface area contributed by atoms with Gasteiger partial charge in [0.1, 0.15) is 6.04 Å². The fourth-order valence-corrected chi connectivity index (χ4v) is 3.24. The van der Waals surface area contributed by atoms with Crippen molar-refractivity contribution in [3.8, 4) is 0 Å². The summed E-state index contributed by atoms with van der Waals surface area (Å²) in [6.45, 7) is 6.84. The van der Waals surface area contributed by atoms with Crippen LogP contribution in [0.1, 0.15) is 31.9 Å². The van der Waals surface area contributed by atoms with Crippen LogP contribution < -0.4 is 0 Å². The summed E-state index contributed by atoms with van der Waals surface area (Å²) in [4.78, 5) is 4.76. The smallest absolute Gasteiger partial charge is 0.385 e. The summed E-state index contributed by atoms with van der Waals surface area (Å²) in [7, 11) is 0. The van der Waals surface area contributed by atoms with E-state index in [1.165, 1.54) is 0 Å². The van der Waals surface area contributed by atoms with E-state index in [4.69, 9.17) is 14.5 Å². The molecule has 0 unspecified atom stereocenters. The summed E-state index contributed by atoms with van der Waals surface area (Å²) in [6, 6.07) is 20.6. The lowest BCUT2D eigenvalue weighted by molar-refractivity contribution is 0.0474. The Bertz CT molecular complexity index is 625. The number of ether oxygens (including phenoxy) is 2. The van der Waals surface area contributed by atoms with Gasteiger partial charge in [0.15, 0.2) is 5.60 Å². The normalized spacial score (nSPS) is 19.3. The Labute approximate surface area is 138 Å². The lowest BCUT2D eigenvalue weighted by Crippen LogP contribution is -2.41. The Morgan fingerprint density at radius 3 is 1.96 bits per heavy atom. The van der Waals surface area contributed by atoms with Crippen molar-refractivity contribution in [2.24, 2.45) is 10.9 Å². The lowest BCUT2D eigenvalue weighted by atomic mass is 9.76. The van der Waals surface area contributed by atoms with Gasteiger partial charge in [0, 0.05) is 11.1 Å². The molecule has 2 aromatic rings. The fourth-order valence-electron chi connectivity index (χ4n) is 3.24. The van der Waals surface area contributed by atoms with Crippen molar-refractivity contribution in [3.63, 3.8) is 0 Å². The Morgan fingerprint density at radius 1 is 1.00 bits per heavy atom. The predicted octanol–water partition coefficient (Wildman–Crippen LogP) is 4.38. The third-order valence-corrected chi connectivity index (χ3v) is 4.21. The second-order valence-electron chi connectivity index (χ2n) is 6.09. The maximum Gasteiger partial charge on any atom is 0.385 e. The van der Waals surface area contributed by atoms with Crippen LogP contribution in [0.15, 0.2) is 65.7 Å². The van der Waals surface area contributed by atoms with E-state index in [9.17, 15) is 0 Å². The number of nitrogens with zero attached hydrogens (tertiary/aromatic N) is 1. The van der Waals surface area contributed by atoms with E-state index in [-0.39, 0.29) is 6.04 Å². The van der Waals surface area contributed by atoms with E-state index < -0.39 is 5.60 Å². The molecule has 23 heavy (non-hydrogen) atoms. The maximum atomic E-state index is 6.36. The van der Waals surface area contributed by atoms with Crippen LogP contribution in [-0.4, -0.2) is 18.7 Å². The molecule has 0 saturated carbocycles. The summed E-state index contributed by atoms with van der Waals surface area (Å²) in [5.41, 5.74) is 1.56. The summed E-state index contributed by atoms with van der Waals surface area (Å²) in [5, 5.41) is 0. The Kier molecular flexibility index (Phi) is 4.37. The van der Waals surface area contributed by atoms with Gasteiger partial charge in [-0.2, -0.15) is 0 Å². The van der Waals surface area contributed by atoms with Gasteiger partial charge in [0.25, 0.3) is 0 Å². The minimum Gasteiger partial charge on any atom is -0.451 e. The van der Waals surface area contributed by atoms with Crippen molar-refractivity contribution < 1.29 is 9.47 Å². The lowest BCUT2D eigenvalue weighted by Gasteiger charge is -2.36. The predicted molar refractivity (Wildman–Crippen MR) is 92.4 cm³/mol. The van der Waals surface area contributed by atoms with Crippen molar-refractivity contribution >= 4 is 6.08 Å².